The highest BCUT2D eigenvalue weighted by atomic mass is 16.4. The van der Waals surface area contributed by atoms with E-state index in [1.54, 1.807) is 24.3 Å². The van der Waals surface area contributed by atoms with E-state index < -0.39 is 72.3 Å². The van der Waals surface area contributed by atoms with Crippen LogP contribution in [0.1, 0.15) is 67.8 Å². The molecule has 0 spiro atoms. The van der Waals surface area contributed by atoms with E-state index in [1.165, 1.54) is 31.2 Å². The molecular weight excluding hydrogens is 684 g/mol. The SMILES string of the molecule is C[C@H](NC(=O)[C@H](Cc1ccccc1)NC(=O)c1ccc(O)cc1)C(=O)NC(C(=O)N[C@@H](CCCC[N+](C)(C)C)C(=O)NC(CO)C(=O)O)C1CCCC1. The van der Waals surface area contributed by atoms with E-state index in [2.05, 4.69) is 26.6 Å². The second kappa shape index (κ2) is 20.3. The van der Waals surface area contributed by atoms with E-state index in [0.717, 1.165) is 31.4 Å². The molecule has 15 heteroatoms. The number of quaternary nitrogens is 1. The van der Waals surface area contributed by atoms with Gasteiger partial charge in [-0.05, 0) is 74.8 Å². The number of aliphatic hydroxyl groups excluding tert-OH is 1. The summed E-state index contributed by atoms with van der Waals surface area (Å²) in [4.78, 5) is 78.9. The summed E-state index contributed by atoms with van der Waals surface area (Å²) in [6, 6.07) is 8.64. The number of aliphatic carboxylic acids is 1. The number of unbranched alkanes of at least 4 members (excludes halogenated alkanes) is 1. The molecule has 2 aromatic carbocycles. The van der Waals surface area contributed by atoms with Gasteiger partial charge in [0.15, 0.2) is 0 Å². The maximum Gasteiger partial charge on any atom is 0.328 e. The summed E-state index contributed by atoms with van der Waals surface area (Å²) >= 11 is 0. The van der Waals surface area contributed by atoms with Crippen molar-refractivity contribution in [3.05, 3.63) is 65.7 Å². The van der Waals surface area contributed by atoms with Crippen LogP contribution in [0.5, 0.6) is 5.75 Å². The molecule has 1 aliphatic rings. The van der Waals surface area contributed by atoms with Crippen LogP contribution in [0, 0.1) is 5.92 Å². The van der Waals surface area contributed by atoms with Gasteiger partial charge in [0.05, 0.1) is 34.3 Å². The maximum atomic E-state index is 13.9. The first-order valence-electron chi connectivity index (χ1n) is 18.1. The lowest BCUT2D eigenvalue weighted by Crippen LogP contribution is -2.60. The van der Waals surface area contributed by atoms with Gasteiger partial charge in [0.25, 0.3) is 5.91 Å². The number of nitrogens with zero attached hydrogens (tertiary/aromatic N) is 1. The average molecular weight is 740 g/mol. The Bertz CT molecular complexity index is 1540. The molecule has 0 bridgehead atoms. The van der Waals surface area contributed by atoms with Crippen LogP contribution in [0.2, 0.25) is 0 Å². The van der Waals surface area contributed by atoms with E-state index >= 15 is 0 Å². The van der Waals surface area contributed by atoms with Crippen LogP contribution >= 0.6 is 0 Å². The second-order valence-electron chi connectivity index (χ2n) is 14.7. The summed E-state index contributed by atoms with van der Waals surface area (Å²) < 4.78 is 0.692. The van der Waals surface area contributed by atoms with E-state index in [4.69, 9.17) is 0 Å². The number of nitrogens with one attached hydrogen (secondary N) is 5. The standard InChI is InChI=1S/C38H54N6O9/c1-24(39-36(50)30(22-25-12-6-5-7-13-25)41-34(48)27-17-19-28(46)20-18-27)33(47)43-32(26-14-8-9-15-26)37(51)40-29(16-10-11-21-44(2,3)4)35(49)42-31(23-45)38(52)53/h5-7,12-13,17-20,24,26,29-32,45H,8-11,14-16,21-23H2,1-4H3,(H6-,39,40,41,42,43,46,47,48,49,50,51,52,53)/p+1/t24-,29-,30-,31?,32?/m0/s1. The Morgan fingerprint density at radius 2 is 1.34 bits per heavy atom. The quantitative estimate of drug-likeness (QED) is 0.0711. The first kappa shape index (κ1) is 42.4. The fourth-order valence-electron chi connectivity index (χ4n) is 6.18. The van der Waals surface area contributed by atoms with Crippen molar-refractivity contribution in [1.29, 1.82) is 0 Å². The zero-order valence-electron chi connectivity index (χ0n) is 31.0. The van der Waals surface area contributed by atoms with Crippen molar-refractivity contribution in [2.75, 3.05) is 34.3 Å². The fourth-order valence-corrected chi connectivity index (χ4v) is 6.18. The van der Waals surface area contributed by atoms with Crippen LogP contribution < -0.4 is 26.6 Å². The summed E-state index contributed by atoms with van der Waals surface area (Å²) in [6.07, 6.45) is 4.56. The Hall–Kier alpha value is -5.02. The number of hydrogen-bond donors (Lipinski definition) is 8. The number of benzene rings is 2. The van der Waals surface area contributed by atoms with Crippen molar-refractivity contribution in [3.63, 3.8) is 0 Å². The summed E-state index contributed by atoms with van der Waals surface area (Å²) in [5, 5.41) is 41.6. The number of carboxylic acids is 1. The Morgan fingerprint density at radius 3 is 1.92 bits per heavy atom. The average Bonchev–Trinajstić information content (AvgIpc) is 3.65. The van der Waals surface area contributed by atoms with Crippen LogP contribution in [0.15, 0.2) is 54.6 Å². The number of carboxylic acid groups (broad SMARTS) is 1. The lowest BCUT2D eigenvalue weighted by molar-refractivity contribution is -0.870. The maximum absolute atomic E-state index is 13.9. The molecule has 0 radical (unpaired) electrons. The van der Waals surface area contributed by atoms with Gasteiger partial charge in [-0.3, -0.25) is 24.0 Å². The number of carbonyl (C=O) groups excluding carboxylic acids is 5. The summed E-state index contributed by atoms with van der Waals surface area (Å²) in [5.41, 5.74) is 0.985. The number of phenols is 1. The highest BCUT2D eigenvalue weighted by Gasteiger charge is 2.36. The van der Waals surface area contributed by atoms with Crippen LogP contribution in [0.25, 0.3) is 0 Å². The Balaban J connectivity index is 1.75. The van der Waals surface area contributed by atoms with Crippen molar-refractivity contribution in [2.24, 2.45) is 5.92 Å². The number of rotatable bonds is 20. The summed E-state index contributed by atoms with van der Waals surface area (Å²) in [5.74, 6) is -4.90. The Kier molecular flexibility index (Phi) is 16.2. The molecule has 0 aromatic heterocycles. The number of aromatic hydroxyl groups is 1. The highest BCUT2D eigenvalue weighted by molar-refractivity contribution is 5.99. The molecule has 15 nitrogen and oxygen atoms in total. The number of amides is 5. The van der Waals surface area contributed by atoms with Gasteiger partial charge >= 0.3 is 5.97 Å². The van der Waals surface area contributed by atoms with Gasteiger partial charge in [-0.1, -0.05) is 43.2 Å². The van der Waals surface area contributed by atoms with Crippen LogP contribution in [-0.2, 0) is 30.4 Å². The summed E-state index contributed by atoms with van der Waals surface area (Å²) in [7, 11) is 6.08. The molecule has 0 aliphatic heterocycles. The molecule has 5 amide bonds. The third kappa shape index (κ3) is 14.1. The minimum atomic E-state index is -1.56. The van der Waals surface area contributed by atoms with Crippen molar-refractivity contribution in [3.8, 4) is 5.75 Å². The molecule has 8 N–H and O–H groups in total. The number of carbonyl (C=O) groups is 6. The predicted molar refractivity (Wildman–Crippen MR) is 196 cm³/mol. The molecule has 0 saturated heterocycles. The number of hydrogen-bond acceptors (Lipinski definition) is 8. The third-order valence-corrected chi connectivity index (χ3v) is 9.24. The van der Waals surface area contributed by atoms with Gasteiger partial charge < -0.3 is 46.4 Å². The fraction of sp³-hybridized carbons (Fsp3) is 0.526. The summed E-state index contributed by atoms with van der Waals surface area (Å²) in [6.45, 7) is 1.43. The minimum Gasteiger partial charge on any atom is -0.508 e. The van der Waals surface area contributed by atoms with Gasteiger partial charge in [-0.2, -0.15) is 0 Å². The Labute approximate surface area is 310 Å². The number of phenolic OH excluding ortho intramolecular Hbond substituents is 1. The van der Waals surface area contributed by atoms with Crippen LogP contribution in [-0.4, -0.2) is 120 Å². The van der Waals surface area contributed by atoms with Gasteiger partial charge in [0.1, 0.15) is 36.0 Å². The molecule has 2 unspecified atom stereocenters. The molecule has 1 fully saturated rings. The van der Waals surface area contributed by atoms with Crippen molar-refractivity contribution < 1.29 is 48.6 Å². The smallest absolute Gasteiger partial charge is 0.328 e. The van der Waals surface area contributed by atoms with Crippen LogP contribution in [0.3, 0.4) is 0 Å². The van der Waals surface area contributed by atoms with E-state index in [1.807, 2.05) is 27.2 Å². The highest BCUT2D eigenvalue weighted by Crippen LogP contribution is 2.28. The van der Waals surface area contributed by atoms with Crippen molar-refractivity contribution in [1.82, 2.24) is 26.6 Å². The van der Waals surface area contributed by atoms with Crippen molar-refractivity contribution in [2.45, 2.75) is 88.5 Å². The molecule has 3 rings (SSSR count). The topological polar surface area (TPSA) is 223 Å². The number of aliphatic hydroxyl groups is 1. The van der Waals surface area contributed by atoms with Crippen molar-refractivity contribution >= 4 is 35.5 Å². The molecule has 1 saturated carbocycles. The van der Waals surface area contributed by atoms with E-state index in [0.29, 0.717) is 23.7 Å². The molecule has 53 heavy (non-hydrogen) atoms. The molecule has 1 aliphatic carbocycles. The lowest BCUT2D eigenvalue weighted by Gasteiger charge is -2.29. The zero-order valence-corrected chi connectivity index (χ0v) is 31.0. The molecule has 2 aromatic rings. The first-order valence-corrected chi connectivity index (χ1v) is 18.1. The Morgan fingerprint density at radius 1 is 0.736 bits per heavy atom. The van der Waals surface area contributed by atoms with Gasteiger partial charge in [0, 0.05) is 12.0 Å². The lowest BCUT2D eigenvalue weighted by atomic mass is 9.96. The third-order valence-electron chi connectivity index (χ3n) is 9.24. The van der Waals surface area contributed by atoms with Crippen LogP contribution in [0.4, 0.5) is 0 Å². The zero-order chi connectivity index (χ0) is 39.1. The monoisotopic (exact) mass is 739 g/mol. The van der Waals surface area contributed by atoms with E-state index in [9.17, 15) is 44.1 Å². The molecular formula is C38H55N6O9+. The predicted octanol–water partition coefficient (Wildman–Crippen LogP) is 0.836. The molecule has 0 heterocycles. The second-order valence-corrected chi connectivity index (χ2v) is 14.7. The molecule has 5 atom stereocenters. The normalized spacial score (nSPS) is 15.9. The van der Waals surface area contributed by atoms with Gasteiger partial charge in [0.2, 0.25) is 23.6 Å². The first-order chi connectivity index (χ1) is 25.1. The molecule has 290 valence electrons. The van der Waals surface area contributed by atoms with Gasteiger partial charge in [-0.15, -0.1) is 0 Å². The minimum absolute atomic E-state index is 0.0210. The van der Waals surface area contributed by atoms with Gasteiger partial charge in [-0.25, -0.2) is 4.79 Å². The van der Waals surface area contributed by atoms with E-state index in [-0.39, 0.29) is 30.1 Å². The largest absolute Gasteiger partial charge is 0.508 e.